The quantitative estimate of drug-likeness (QED) is 0.181. The van der Waals surface area contributed by atoms with Gasteiger partial charge in [-0.05, 0) is 107 Å². The van der Waals surface area contributed by atoms with Crippen molar-refractivity contribution >= 4 is 54.1 Å². The summed E-state index contributed by atoms with van der Waals surface area (Å²) in [6.07, 6.45) is 0. The van der Waals surface area contributed by atoms with Gasteiger partial charge in [0.15, 0.2) is 0 Å². The number of hydrogen-bond donors (Lipinski definition) is 1. The Kier molecular flexibility index (Phi) is 6.08. The van der Waals surface area contributed by atoms with E-state index in [1.54, 1.807) is 0 Å². The number of para-hydroxylation sites is 2. The number of nitrogens with one attached hydrogen (secondary N) is 1. The molecule has 0 aliphatic heterocycles. The fourth-order valence-electron chi connectivity index (χ4n) is 9.37. The SMILES string of the molecule is CC1(C)c2cc3ccccc3cc2-c2c(-c3cccc(-c4c5ccccc5c(-c5cccc6c5[nH]c5ccccc56)c5ccccc45)c3)cccc21. The third-order valence-electron chi connectivity index (χ3n) is 11.8. The minimum absolute atomic E-state index is 0.0849. The lowest BCUT2D eigenvalue weighted by molar-refractivity contribution is 0.661. The predicted octanol–water partition coefficient (Wildman–Crippen LogP) is 14.1. The van der Waals surface area contributed by atoms with Gasteiger partial charge in [-0.25, -0.2) is 0 Å². The Balaban J connectivity index is 1.16. The van der Waals surface area contributed by atoms with Crippen LogP contribution in [0, 0.1) is 0 Å². The Labute approximate surface area is 302 Å². The van der Waals surface area contributed by atoms with Crippen LogP contribution in [0.1, 0.15) is 25.0 Å². The van der Waals surface area contributed by atoms with Crippen LogP contribution in [0.25, 0.3) is 98.6 Å². The van der Waals surface area contributed by atoms with E-state index in [0.29, 0.717) is 0 Å². The molecule has 0 saturated heterocycles. The highest BCUT2D eigenvalue weighted by molar-refractivity contribution is 6.24. The largest absolute Gasteiger partial charge is 0.354 e. The molecule has 0 spiro atoms. The Hall–Kier alpha value is -6.44. The molecule has 1 aromatic heterocycles. The van der Waals surface area contributed by atoms with Crippen LogP contribution < -0.4 is 0 Å². The smallest absolute Gasteiger partial charge is 0.0544 e. The van der Waals surface area contributed by atoms with E-state index in [4.69, 9.17) is 0 Å². The van der Waals surface area contributed by atoms with Crippen LogP contribution in [0.3, 0.4) is 0 Å². The first-order valence-corrected chi connectivity index (χ1v) is 18.3. The van der Waals surface area contributed by atoms with Crippen molar-refractivity contribution in [3.8, 4) is 44.5 Å². The molecular formula is C51H35N. The zero-order valence-electron chi connectivity index (χ0n) is 29.2. The van der Waals surface area contributed by atoms with Crippen molar-refractivity contribution in [2.75, 3.05) is 0 Å². The average molecular weight is 662 g/mol. The van der Waals surface area contributed by atoms with Gasteiger partial charge in [0.05, 0.1) is 5.52 Å². The topological polar surface area (TPSA) is 15.8 Å². The lowest BCUT2D eigenvalue weighted by atomic mass is 9.81. The molecule has 1 N–H and O–H groups in total. The highest BCUT2D eigenvalue weighted by Crippen LogP contribution is 2.54. The van der Waals surface area contributed by atoms with Crippen molar-refractivity contribution in [1.82, 2.24) is 4.98 Å². The molecule has 1 heteroatoms. The maximum absolute atomic E-state index is 3.79. The van der Waals surface area contributed by atoms with Crippen LogP contribution in [0.15, 0.2) is 170 Å². The standard InChI is InChI=1S/C51H35N/c1-51(2)44-26-13-23-35(49(44)43-29-31-14-3-4-15-32(31)30-45(43)51)33-16-11-17-34(28-33)47-37-19-5-7-21-39(37)48(40-22-8-6-20-38(40)47)42-25-12-24-41-36-18-9-10-27-46(36)52-50(41)42/h3-30,52H,1-2H3. The molecule has 0 amide bonds. The van der Waals surface area contributed by atoms with E-state index in [1.165, 1.54) is 110 Å². The van der Waals surface area contributed by atoms with E-state index in [0.717, 1.165) is 0 Å². The second-order valence-corrected chi connectivity index (χ2v) is 14.9. The number of rotatable bonds is 3. The highest BCUT2D eigenvalue weighted by atomic mass is 14.7. The molecular weight excluding hydrogens is 627 g/mol. The maximum atomic E-state index is 3.79. The van der Waals surface area contributed by atoms with Gasteiger partial charge in [0.25, 0.3) is 0 Å². The summed E-state index contributed by atoms with van der Waals surface area (Å²) in [5.41, 5.74) is 15.3. The summed E-state index contributed by atoms with van der Waals surface area (Å²) in [6, 6.07) is 63.1. The van der Waals surface area contributed by atoms with Crippen molar-refractivity contribution in [3.63, 3.8) is 0 Å². The summed E-state index contributed by atoms with van der Waals surface area (Å²) < 4.78 is 0. The first-order valence-electron chi connectivity index (χ1n) is 18.3. The van der Waals surface area contributed by atoms with Crippen LogP contribution in [0.5, 0.6) is 0 Å². The number of fused-ring (bicyclic) bond motifs is 9. The molecule has 0 radical (unpaired) electrons. The van der Waals surface area contributed by atoms with Crippen molar-refractivity contribution in [3.05, 3.63) is 181 Å². The fourth-order valence-corrected chi connectivity index (χ4v) is 9.37. The van der Waals surface area contributed by atoms with Crippen LogP contribution in [0.4, 0.5) is 0 Å². The summed E-state index contributed by atoms with van der Waals surface area (Å²) in [6.45, 7) is 4.76. The molecule has 1 aliphatic carbocycles. The Morgan fingerprint density at radius 1 is 0.365 bits per heavy atom. The highest BCUT2D eigenvalue weighted by Gasteiger charge is 2.37. The third kappa shape index (κ3) is 4.05. The summed E-state index contributed by atoms with van der Waals surface area (Å²) in [7, 11) is 0. The van der Waals surface area contributed by atoms with Gasteiger partial charge >= 0.3 is 0 Å². The molecule has 10 aromatic rings. The number of benzene rings is 9. The van der Waals surface area contributed by atoms with Gasteiger partial charge in [-0.1, -0.05) is 159 Å². The average Bonchev–Trinajstić information content (AvgIpc) is 3.68. The predicted molar refractivity (Wildman–Crippen MR) is 222 cm³/mol. The van der Waals surface area contributed by atoms with E-state index in [9.17, 15) is 0 Å². The van der Waals surface area contributed by atoms with Crippen molar-refractivity contribution < 1.29 is 0 Å². The Morgan fingerprint density at radius 2 is 0.923 bits per heavy atom. The molecule has 0 fully saturated rings. The number of aromatic amines is 1. The van der Waals surface area contributed by atoms with Gasteiger partial charge in [-0.3, -0.25) is 0 Å². The summed E-state index contributed by atoms with van der Waals surface area (Å²) in [4.78, 5) is 3.79. The Bertz CT molecular complexity index is 3040. The number of H-pyrrole nitrogens is 1. The summed E-state index contributed by atoms with van der Waals surface area (Å²) in [5.74, 6) is 0. The molecule has 1 nitrogen and oxygen atoms in total. The van der Waals surface area contributed by atoms with Crippen LogP contribution in [-0.4, -0.2) is 4.98 Å². The molecule has 0 bridgehead atoms. The van der Waals surface area contributed by atoms with Crippen molar-refractivity contribution in [2.45, 2.75) is 19.3 Å². The molecule has 52 heavy (non-hydrogen) atoms. The molecule has 11 rings (SSSR count). The van der Waals surface area contributed by atoms with Gasteiger partial charge in [-0.15, -0.1) is 0 Å². The van der Waals surface area contributed by atoms with Gasteiger partial charge in [0.2, 0.25) is 0 Å². The molecule has 0 atom stereocenters. The molecule has 9 aromatic carbocycles. The van der Waals surface area contributed by atoms with Crippen molar-refractivity contribution in [2.24, 2.45) is 0 Å². The van der Waals surface area contributed by atoms with E-state index < -0.39 is 0 Å². The normalized spacial score (nSPS) is 13.3. The van der Waals surface area contributed by atoms with Gasteiger partial charge in [0.1, 0.15) is 0 Å². The maximum Gasteiger partial charge on any atom is 0.0544 e. The molecule has 1 heterocycles. The monoisotopic (exact) mass is 661 g/mol. The minimum Gasteiger partial charge on any atom is -0.354 e. The second kappa shape index (κ2) is 10.8. The van der Waals surface area contributed by atoms with Gasteiger partial charge in [-0.2, -0.15) is 0 Å². The first-order chi connectivity index (χ1) is 25.6. The van der Waals surface area contributed by atoms with Crippen LogP contribution in [0.2, 0.25) is 0 Å². The minimum atomic E-state index is -0.0849. The lowest BCUT2D eigenvalue weighted by Crippen LogP contribution is -2.14. The van der Waals surface area contributed by atoms with E-state index in [1.807, 2.05) is 0 Å². The van der Waals surface area contributed by atoms with E-state index in [-0.39, 0.29) is 5.41 Å². The Morgan fingerprint density at radius 3 is 1.67 bits per heavy atom. The number of aromatic nitrogens is 1. The van der Waals surface area contributed by atoms with E-state index >= 15 is 0 Å². The van der Waals surface area contributed by atoms with E-state index in [2.05, 4.69) is 189 Å². The first kappa shape index (κ1) is 29.3. The summed E-state index contributed by atoms with van der Waals surface area (Å²) in [5, 5.41) is 10.1. The zero-order valence-corrected chi connectivity index (χ0v) is 29.2. The third-order valence-corrected chi connectivity index (χ3v) is 11.8. The number of hydrogen-bond acceptors (Lipinski definition) is 0. The molecule has 0 saturated carbocycles. The molecule has 244 valence electrons. The zero-order chi connectivity index (χ0) is 34.6. The molecule has 0 unspecified atom stereocenters. The van der Waals surface area contributed by atoms with Gasteiger partial charge < -0.3 is 4.98 Å². The fraction of sp³-hybridized carbons (Fsp3) is 0.0588. The van der Waals surface area contributed by atoms with Crippen LogP contribution in [-0.2, 0) is 5.41 Å². The van der Waals surface area contributed by atoms with Crippen molar-refractivity contribution in [1.29, 1.82) is 0 Å². The van der Waals surface area contributed by atoms with Crippen LogP contribution >= 0.6 is 0 Å². The molecule has 1 aliphatic rings. The summed E-state index contributed by atoms with van der Waals surface area (Å²) >= 11 is 0. The lowest BCUT2D eigenvalue weighted by Gasteiger charge is -2.22. The second-order valence-electron chi connectivity index (χ2n) is 14.9. The van der Waals surface area contributed by atoms with Gasteiger partial charge in [0, 0.05) is 27.3 Å².